The summed E-state index contributed by atoms with van der Waals surface area (Å²) in [7, 11) is 0. The number of alkyl halides is 3. The summed E-state index contributed by atoms with van der Waals surface area (Å²) < 4.78 is 37.9. The molecule has 17 heavy (non-hydrogen) atoms. The van der Waals surface area contributed by atoms with E-state index in [9.17, 15) is 18.0 Å². The number of hydrogen-bond acceptors (Lipinski definition) is 1. The van der Waals surface area contributed by atoms with Crippen molar-refractivity contribution in [2.45, 2.75) is 38.8 Å². The number of hydrogen-bond donors (Lipinski definition) is 2. The highest BCUT2D eigenvalue weighted by Crippen LogP contribution is 2.35. The van der Waals surface area contributed by atoms with Crippen LogP contribution in [-0.2, 0) is 11.6 Å². The van der Waals surface area contributed by atoms with Crippen LogP contribution in [0, 0.1) is 0 Å². The SMILES string of the molecule is CCC(C)(C)c1cc(C(=O)O)c(C(F)(F)F)[nH]1. The van der Waals surface area contributed by atoms with Crippen LogP contribution in [0.5, 0.6) is 0 Å². The van der Waals surface area contributed by atoms with Crippen molar-refractivity contribution in [2.75, 3.05) is 0 Å². The van der Waals surface area contributed by atoms with Crippen LogP contribution >= 0.6 is 0 Å². The van der Waals surface area contributed by atoms with Crippen LogP contribution in [0.2, 0.25) is 0 Å². The molecular weight excluding hydrogens is 235 g/mol. The number of rotatable bonds is 3. The third-order valence-corrected chi connectivity index (χ3v) is 2.94. The van der Waals surface area contributed by atoms with Crippen molar-refractivity contribution in [1.29, 1.82) is 0 Å². The van der Waals surface area contributed by atoms with Crippen LogP contribution in [0.3, 0.4) is 0 Å². The standard InChI is InChI=1S/C11H14F3NO2/c1-4-10(2,3)7-5-6(9(16)17)8(15-7)11(12,13)14/h5,15H,4H2,1-3H3,(H,16,17). The van der Waals surface area contributed by atoms with E-state index in [1.54, 1.807) is 13.8 Å². The van der Waals surface area contributed by atoms with Gasteiger partial charge in [0.15, 0.2) is 0 Å². The highest BCUT2D eigenvalue weighted by atomic mass is 19.4. The van der Waals surface area contributed by atoms with Crippen LogP contribution in [0.25, 0.3) is 0 Å². The fourth-order valence-electron chi connectivity index (χ4n) is 1.40. The lowest BCUT2D eigenvalue weighted by atomic mass is 9.86. The van der Waals surface area contributed by atoms with Crippen molar-refractivity contribution in [2.24, 2.45) is 0 Å². The molecular formula is C11H14F3NO2. The van der Waals surface area contributed by atoms with Crippen LogP contribution < -0.4 is 0 Å². The summed E-state index contributed by atoms with van der Waals surface area (Å²) in [6, 6.07) is 1.06. The topological polar surface area (TPSA) is 53.1 Å². The van der Waals surface area contributed by atoms with Gasteiger partial charge in [0.1, 0.15) is 5.69 Å². The lowest BCUT2D eigenvalue weighted by Gasteiger charge is -2.21. The molecule has 0 bridgehead atoms. The Morgan fingerprint density at radius 2 is 1.94 bits per heavy atom. The molecule has 0 radical (unpaired) electrons. The first kappa shape index (κ1) is 13.6. The first-order valence-corrected chi connectivity index (χ1v) is 5.13. The average molecular weight is 249 g/mol. The zero-order chi connectivity index (χ0) is 13.4. The molecule has 96 valence electrons. The molecule has 1 aromatic heterocycles. The molecule has 1 rings (SSSR count). The van der Waals surface area contributed by atoms with E-state index in [0.29, 0.717) is 6.42 Å². The summed E-state index contributed by atoms with van der Waals surface area (Å²) in [5, 5.41) is 8.76. The molecule has 0 aromatic carbocycles. The molecule has 0 saturated heterocycles. The summed E-state index contributed by atoms with van der Waals surface area (Å²) >= 11 is 0. The number of aromatic nitrogens is 1. The van der Waals surface area contributed by atoms with E-state index in [4.69, 9.17) is 5.11 Å². The molecule has 0 aliphatic carbocycles. The normalized spacial score (nSPS) is 12.8. The lowest BCUT2D eigenvalue weighted by Crippen LogP contribution is -2.17. The molecule has 3 nitrogen and oxygen atoms in total. The number of aromatic amines is 1. The number of halogens is 3. The van der Waals surface area contributed by atoms with Crippen LogP contribution in [0.4, 0.5) is 13.2 Å². The number of carboxylic acids is 1. The predicted molar refractivity (Wildman–Crippen MR) is 56.1 cm³/mol. The van der Waals surface area contributed by atoms with E-state index in [2.05, 4.69) is 4.98 Å². The Morgan fingerprint density at radius 3 is 2.24 bits per heavy atom. The van der Waals surface area contributed by atoms with Crippen molar-refractivity contribution >= 4 is 5.97 Å². The molecule has 0 aliphatic rings. The minimum absolute atomic E-state index is 0.282. The fourth-order valence-corrected chi connectivity index (χ4v) is 1.40. The Morgan fingerprint density at radius 1 is 1.41 bits per heavy atom. The van der Waals surface area contributed by atoms with Gasteiger partial charge in [0.25, 0.3) is 0 Å². The molecule has 0 amide bonds. The van der Waals surface area contributed by atoms with Gasteiger partial charge in [0, 0.05) is 11.1 Å². The smallest absolute Gasteiger partial charge is 0.432 e. The van der Waals surface area contributed by atoms with Gasteiger partial charge < -0.3 is 10.1 Å². The molecule has 0 spiro atoms. The van der Waals surface area contributed by atoms with E-state index in [-0.39, 0.29) is 5.69 Å². The van der Waals surface area contributed by atoms with E-state index in [1.165, 1.54) is 0 Å². The largest absolute Gasteiger partial charge is 0.478 e. The van der Waals surface area contributed by atoms with Crippen molar-refractivity contribution < 1.29 is 23.1 Å². The van der Waals surface area contributed by atoms with Crippen LogP contribution in [0.15, 0.2) is 6.07 Å². The molecule has 1 heterocycles. The van der Waals surface area contributed by atoms with Crippen molar-refractivity contribution in [3.8, 4) is 0 Å². The minimum Gasteiger partial charge on any atom is -0.478 e. The van der Waals surface area contributed by atoms with E-state index < -0.39 is 28.8 Å². The predicted octanol–water partition coefficient (Wildman–Crippen LogP) is 3.42. The Kier molecular flexibility index (Phi) is 3.27. The number of carboxylic acid groups (broad SMARTS) is 1. The van der Waals surface area contributed by atoms with Gasteiger partial charge in [-0.15, -0.1) is 0 Å². The van der Waals surface area contributed by atoms with Gasteiger partial charge in [-0.25, -0.2) is 4.79 Å². The van der Waals surface area contributed by atoms with Gasteiger partial charge in [-0.2, -0.15) is 13.2 Å². The first-order chi connectivity index (χ1) is 7.59. The molecule has 0 unspecified atom stereocenters. The first-order valence-electron chi connectivity index (χ1n) is 5.13. The van der Waals surface area contributed by atoms with E-state index >= 15 is 0 Å². The quantitative estimate of drug-likeness (QED) is 0.862. The average Bonchev–Trinajstić information content (AvgIpc) is 2.61. The molecule has 0 saturated carbocycles. The summed E-state index contributed by atoms with van der Waals surface area (Å²) in [6.07, 6.45) is -4.08. The van der Waals surface area contributed by atoms with Crippen molar-refractivity contribution in [3.05, 3.63) is 23.0 Å². The summed E-state index contributed by atoms with van der Waals surface area (Å²) in [4.78, 5) is 13.0. The summed E-state index contributed by atoms with van der Waals surface area (Å²) in [5.41, 5.74) is -2.16. The Bertz CT molecular complexity index is 432. The zero-order valence-electron chi connectivity index (χ0n) is 9.77. The molecule has 2 N–H and O–H groups in total. The Labute approximate surface area is 96.6 Å². The molecule has 1 aromatic rings. The highest BCUT2D eigenvalue weighted by molar-refractivity contribution is 5.89. The van der Waals surface area contributed by atoms with Gasteiger partial charge >= 0.3 is 12.1 Å². The Hall–Kier alpha value is -1.46. The van der Waals surface area contributed by atoms with Gasteiger partial charge in [-0.05, 0) is 12.5 Å². The maximum Gasteiger partial charge on any atom is 0.432 e. The second-order valence-electron chi connectivity index (χ2n) is 4.51. The number of carbonyl (C=O) groups is 1. The van der Waals surface area contributed by atoms with Crippen LogP contribution in [-0.4, -0.2) is 16.1 Å². The number of aromatic carboxylic acids is 1. The molecule has 0 fully saturated rings. The van der Waals surface area contributed by atoms with Crippen LogP contribution in [0.1, 0.15) is 48.9 Å². The maximum absolute atomic E-state index is 12.6. The Balaban J connectivity index is 3.37. The molecule has 0 atom stereocenters. The third kappa shape index (κ3) is 2.62. The fraction of sp³-hybridized carbons (Fsp3) is 0.545. The molecule has 6 heteroatoms. The minimum atomic E-state index is -4.68. The number of H-pyrrole nitrogens is 1. The van der Waals surface area contributed by atoms with Gasteiger partial charge in [-0.1, -0.05) is 20.8 Å². The lowest BCUT2D eigenvalue weighted by molar-refractivity contribution is -0.141. The van der Waals surface area contributed by atoms with Gasteiger partial charge in [0.2, 0.25) is 0 Å². The summed E-state index contributed by atoms with van der Waals surface area (Å²) in [6.45, 7) is 5.34. The van der Waals surface area contributed by atoms with Gasteiger partial charge in [0.05, 0.1) is 5.56 Å². The monoisotopic (exact) mass is 249 g/mol. The zero-order valence-corrected chi connectivity index (χ0v) is 9.77. The van der Waals surface area contributed by atoms with E-state index in [0.717, 1.165) is 6.07 Å². The summed E-state index contributed by atoms with van der Waals surface area (Å²) in [5.74, 6) is -1.58. The van der Waals surface area contributed by atoms with Crippen molar-refractivity contribution in [1.82, 2.24) is 4.98 Å². The molecule has 0 aliphatic heterocycles. The van der Waals surface area contributed by atoms with Crippen molar-refractivity contribution in [3.63, 3.8) is 0 Å². The highest BCUT2D eigenvalue weighted by Gasteiger charge is 2.39. The van der Waals surface area contributed by atoms with Gasteiger partial charge in [-0.3, -0.25) is 0 Å². The number of nitrogens with one attached hydrogen (secondary N) is 1. The van der Waals surface area contributed by atoms with E-state index in [1.807, 2.05) is 6.92 Å². The maximum atomic E-state index is 12.6. The second kappa shape index (κ2) is 4.09. The third-order valence-electron chi connectivity index (χ3n) is 2.94. The second-order valence-corrected chi connectivity index (χ2v) is 4.51.